The molecule has 0 aromatic heterocycles. The van der Waals surface area contributed by atoms with Crippen molar-refractivity contribution in [1.29, 1.82) is 5.26 Å². The van der Waals surface area contributed by atoms with Crippen LogP contribution in [-0.4, -0.2) is 13.2 Å². The summed E-state index contributed by atoms with van der Waals surface area (Å²) in [5, 5.41) is 9.31. The molecule has 16 heavy (non-hydrogen) atoms. The first-order valence-corrected chi connectivity index (χ1v) is 5.39. The molecule has 0 N–H and O–H groups in total. The van der Waals surface area contributed by atoms with Gasteiger partial charge >= 0.3 is 0 Å². The molecule has 1 aliphatic heterocycles. The van der Waals surface area contributed by atoms with Crippen molar-refractivity contribution in [3.63, 3.8) is 0 Å². The first-order chi connectivity index (χ1) is 7.66. The van der Waals surface area contributed by atoms with Gasteiger partial charge in [-0.05, 0) is 24.5 Å². The van der Waals surface area contributed by atoms with E-state index < -0.39 is 5.41 Å². The van der Waals surface area contributed by atoms with E-state index in [-0.39, 0.29) is 0 Å². The predicted octanol–water partition coefficient (Wildman–Crippen LogP) is 2.63. The molecular weight excluding hydrogens is 198 g/mol. The van der Waals surface area contributed by atoms with Crippen LogP contribution in [0, 0.1) is 23.7 Å². The van der Waals surface area contributed by atoms with E-state index >= 15 is 0 Å². The van der Waals surface area contributed by atoms with Crippen LogP contribution in [0.3, 0.4) is 0 Å². The minimum absolute atomic E-state index is 0.468. The Labute approximate surface area is 96.2 Å². The molecule has 1 fully saturated rings. The van der Waals surface area contributed by atoms with E-state index in [0.717, 1.165) is 5.57 Å². The Bertz CT molecular complexity index is 441. The molecule has 0 spiro atoms. The summed E-state index contributed by atoms with van der Waals surface area (Å²) < 4.78 is 5.34. The molecule has 0 aliphatic carbocycles. The molecule has 0 amide bonds. The standard InChI is InChI=1S/C14H15NO/c1-11-3-5-13(6-4-11)7-14(9-15)10-16-8-12(14)2/h3-6H,2,7-8,10H2,1H3. The normalized spacial score (nSPS) is 24.4. The third kappa shape index (κ3) is 1.87. The third-order valence-corrected chi connectivity index (χ3v) is 3.14. The molecule has 1 unspecified atom stereocenters. The molecule has 1 saturated heterocycles. The largest absolute Gasteiger partial charge is 0.375 e. The van der Waals surface area contributed by atoms with Gasteiger partial charge in [0.2, 0.25) is 0 Å². The van der Waals surface area contributed by atoms with Gasteiger partial charge in [-0.2, -0.15) is 5.26 Å². The third-order valence-electron chi connectivity index (χ3n) is 3.14. The number of rotatable bonds is 2. The Morgan fingerprint density at radius 2 is 2.12 bits per heavy atom. The summed E-state index contributed by atoms with van der Waals surface area (Å²) in [6, 6.07) is 10.6. The molecule has 0 radical (unpaired) electrons. The fourth-order valence-electron chi connectivity index (χ4n) is 1.97. The SMILES string of the molecule is C=C1COCC1(C#N)Cc1ccc(C)cc1. The molecule has 1 atom stereocenters. The summed E-state index contributed by atoms with van der Waals surface area (Å²) in [6.07, 6.45) is 0.697. The lowest BCUT2D eigenvalue weighted by molar-refractivity contribution is 0.172. The maximum Gasteiger partial charge on any atom is 0.107 e. The number of benzene rings is 1. The summed E-state index contributed by atoms with van der Waals surface area (Å²) in [5.74, 6) is 0. The highest BCUT2D eigenvalue weighted by Crippen LogP contribution is 2.35. The van der Waals surface area contributed by atoms with Crippen molar-refractivity contribution in [1.82, 2.24) is 0 Å². The van der Waals surface area contributed by atoms with Crippen LogP contribution in [0.15, 0.2) is 36.4 Å². The Morgan fingerprint density at radius 1 is 1.44 bits per heavy atom. The van der Waals surface area contributed by atoms with Gasteiger partial charge < -0.3 is 4.74 Å². The number of ether oxygens (including phenoxy) is 1. The fraction of sp³-hybridized carbons (Fsp3) is 0.357. The molecule has 1 aromatic carbocycles. The van der Waals surface area contributed by atoms with Crippen molar-refractivity contribution in [2.24, 2.45) is 5.41 Å². The van der Waals surface area contributed by atoms with Crippen LogP contribution < -0.4 is 0 Å². The van der Waals surface area contributed by atoms with Crippen LogP contribution >= 0.6 is 0 Å². The Kier molecular flexibility index (Phi) is 2.80. The van der Waals surface area contributed by atoms with Crippen LogP contribution in [-0.2, 0) is 11.2 Å². The zero-order valence-corrected chi connectivity index (χ0v) is 9.49. The quantitative estimate of drug-likeness (QED) is 0.707. The second kappa shape index (κ2) is 4.11. The summed E-state index contributed by atoms with van der Waals surface area (Å²) in [4.78, 5) is 0. The molecule has 82 valence electrons. The number of hydrogen-bond acceptors (Lipinski definition) is 2. The van der Waals surface area contributed by atoms with Gasteiger partial charge in [-0.1, -0.05) is 36.4 Å². The predicted molar refractivity (Wildman–Crippen MR) is 62.9 cm³/mol. The Morgan fingerprint density at radius 3 is 2.62 bits per heavy atom. The first kappa shape index (κ1) is 10.9. The molecule has 2 nitrogen and oxygen atoms in total. The van der Waals surface area contributed by atoms with Gasteiger partial charge in [-0.15, -0.1) is 0 Å². The number of aryl methyl sites for hydroxylation is 1. The van der Waals surface area contributed by atoms with Gasteiger partial charge in [0.1, 0.15) is 5.41 Å². The van der Waals surface area contributed by atoms with Crippen LogP contribution in [0.25, 0.3) is 0 Å². The Hall–Kier alpha value is -1.59. The lowest BCUT2D eigenvalue weighted by Crippen LogP contribution is -2.23. The molecule has 2 rings (SSSR count). The molecule has 1 aromatic rings. The highest BCUT2D eigenvalue weighted by molar-refractivity contribution is 5.31. The van der Waals surface area contributed by atoms with E-state index in [9.17, 15) is 5.26 Å². The topological polar surface area (TPSA) is 33.0 Å². The average molecular weight is 213 g/mol. The molecule has 1 heterocycles. The smallest absolute Gasteiger partial charge is 0.107 e. The average Bonchev–Trinajstić information content (AvgIpc) is 2.64. The monoisotopic (exact) mass is 213 g/mol. The zero-order valence-electron chi connectivity index (χ0n) is 9.49. The molecule has 2 heteroatoms. The minimum Gasteiger partial charge on any atom is -0.375 e. The fourth-order valence-corrected chi connectivity index (χ4v) is 1.97. The number of nitrogens with zero attached hydrogens (tertiary/aromatic N) is 1. The van der Waals surface area contributed by atoms with Crippen LogP contribution in [0.2, 0.25) is 0 Å². The van der Waals surface area contributed by atoms with Crippen molar-refractivity contribution in [3.05, 3.63) is 47.5 Å². The lowest BCUT2D eigenvalue weighted by Gasteiger charge is -2.20. The minimum atomic E-state index is -0.519. The maximum absolute atomic E-state index is 9.31. The first-order valence-electron chi connectivity index (χ1n) is 5.39. The van der Waals surface area contributed by atoms with Gasteiger partial charge in [0.15, 0.2) is 0 Å². The van der Waals surface area contributed by atoms with Gasteiger partial charge in [-0.3, -0.25) is 0 Å². The highest BCUT2D eigenvalue weighted by Gasteiger charge is 2.38. The van der Waals surface area contributed by atoms with Crippen molar-refractivity contribution >= 4 is 0 Å². The lowest BCUT2D eigenvalue weighted by atomic mass is 9.79. The van der Waals surface area contributed by atoms with E-state index in [2.05, 4.69) is 43.8 Å². The van der Waals surface area contributed by atoms with Crippen LogP contribution in [0.4, 0.5) is 0 Å². The van der Waals surface area contributed by atoms with Gasteiger partial charge in [-0.25, -0.2) is 0 Å². The summed E-state index contributed by atoms with van der Waals surface area (Å²) in [5.41, 5.74) is 2.78. The van der Waals surface area contributed by atoms with Crippen molar-refractivity contribution < 1.29 is 4.74 Å². The summed E-state index contributed by atoms with van der Waals surface area (Å²) in [7, 11) is 0. The maximum atomic E-state index is 9.31. The van der Waals surface area contributed by atoms with E-state index in [1.165, 1.54) is 11.1 Å². The van der Waals surface area contributed by atoms with Crippen LogP contribution in [0.1, 0.15) is 11.1 Å². The highest BCUT2D eigenvalue weighted by atomic mass is 16.5. The number of nitriles is 1. The second-order valence-electron chi connectivity index (χ2n) is 4.45. The van der Waals surface area contributed by atoms with Gasteiger partial charge in [0.05, 0.1) is 19.3 Å². The van der Waals surface area contributed by atoms with Gasteiger partial charge in [0.25, 0.3) is 0 Å². The van der Waals surface area contributed by atoms with E-state index in [4.69, 9.17) is 4.74 Å². The van der Waals surface area contributed by atoms with Crippen molar-refractivity contribution in [3.8, 4) is 6.07 Å². The number of hydrogen-bond donors (Lipinski definition) is 0. The second-order valence-corrected chi connectivity index (χ2v) is 4.45. The summed E-state index contributed by atoms with van der Waals surface area (Å²) in [6.45, 7) is 6.98. The van der Waals surface area contributed by atoms with Gasteiger partial charge in [0, 0.05) is 0 Å². The van der Waals surface area contributed by atoms with E-state index in [0.29, 0.717) is 19.6 Å². The van der Waals surface area contributed by atoms with Crippen molar-refractivity contribution in [2.45, 2.75) is 13.3 Å². The molecule has 0 bridgehead atoms. The van der Waals surface area contributed by atoms with E-state index in [1.54, 1.807) is 0 Å². The molecule has 0 saturated carbocycles. The zero-order chi connectivity index (χ0) is 11.6. The van der Waals surface area contributed by atoms with Crippen molar-refractivity contribution in [2.75, 3.05) is 13.2 Å². The van der Waals surface area contributed by atoms with E-state index in [1.807, 2.05) is 0 Å². The Balaban J connectivity index is 2.23. The molecule has 1 aliphatic rings. The van der Waals surface area contributed by atoms with Crippen LogP contribution in [0.5, 0.6) is 0 Å². The molecular formula is C14H15NO. The summed E-state index contributed by atoms with van der Waals surface area (Å²) >= 11 is 0.